The van der Waals surface area contributed by atoms with Crippen LogP contribution >= 0.6 is 11.6 Å². The van der Waals surface area contributed by atoms with Gasteiger partial charge in [0.2, 0.25) is 0 Å². The average molecular weight is 390 g/mol. The van der Waals surface area contributed by atoms with E-state index in [4.69, 9.17) is 21.1 Å². The van der Waals surface area contributed by atoms with Crippen molar-refractivity contribution in [2.45, 2.75) is 4.90 Å². The van der Waals surface area contributed by atoms with E-state index in [1.165, 1.54) is 19.2 Å². The lowest BCUT2D eigenvalue weighted by Crippen LogP contribution is -2.12. The molecule has 0 atom stereocenters. The number of methoxy groups -OCH3 is 1. The summed E-state index contributed by atoms with van der Waals surface area (Å²) in [7, 11) is -2.20. The highest BCUT2D eigenvalue weighted by Crippen LogP contribution is 2.29. The standard InChI is InChI=1S/C19H16ClNO4S/c1-24-16-6-4-5-14(13-16)21-26(22,23)17-11-9-15(10-12-17)25-19-8-3-2-7-18(19)20/h2-13,21H,1H3. The van der Waals surface area contributed by atoms with Crippen molar-refractivity contribution in [2.24, 2.45) is 0 Å². The Labute approximate surface area is 157 Å². The molecule has 0 fully saturated rings. The van der Waals surface area contributed by atoms with Gasteiger partial charge in [-0.25, -0.2) is 8.42 Å². The van der Waals surface area contributed by atoms with Crippen LogP contribution < -0.4 is 14.2 Å². The molecule has 26 heavy (non-hydrogen) atoms. The fraction of sp³-hybridized carbons (Fsp3) is 0.0526. The summed E-state index contributed by atoms with van der Waals surface area (Å²) in [5, 5.41) is 0.476. The van der Waals surface area contributed by atoms with E-state index < -0.39 is 10.0 Å². The fourth-order valence-corrected chi connectivity index (χ4v) is 3.47. The summed E-state index contributed by atoms with van der Waals surface area (Å²) >= 11 is 6.05. The van der Waals surface area contributed by atoms with Crippen molar-refractivity contribution in [3.63, 3.8) is 0 Å². The minimum atomic E-state index is -3.72. The third-order valence-corrected chi connectivity index (χ3v) is 5.23. The van der Waals surface area contributed by atoms with E-state index in [-0.39, 0.29) is 4.90 Å². The van der Waals surface area contributed by atoms with Crippen LogP contribution in [0.15, 0.2) is 77.7 Å². The van der Waals surface area contributed by atoms with Gasteiger partial charge in [0.15, 0.2) is 0 Å². The highest BCUT2D eigenvalue weighted by molar-refractivity contribution is 7.92. The van der Waals surface area contributed by atoms with E-state index >= 15 is 0 Å². The lowest BCUT2D eigenvalue weighted by atomic mass is 10.3. The number of para-hydroxylation sites is 1. The zero-order valence-electron chi connectivity index (χ0n) is 13.8. The lowest BCUT2D eigenvalue weighted by molar-refractivity contribution is 0.415. The molecule has 0 heterocycles. The summed E-state index contributed by atoms with van der Waals surface area (Å²) < 4.78 is 38.3. The quantitative estimate of drug-likeness (QED) is 0.648. The Bertz CT molecular complexity index is 1000. The first-order chi connectivity index (χ1) is 12.5. The van der Waals surface area contributed by atoms with Crippen LogP contribution in [-0.4, -0.2) is 15.5 Å². The second kappa shape index (κ2) is 7.68. The fourth-order valence-electron chi connectivity index (χ4n) is 2.24. The van der Waals surface area contributed by atoms with Crippen LogP contribution in [0.25, 0.3) is 0 Å². The van der Waals surface area contributed by atoms with Crippen LogP contribution in [0, 0.1) is 0 Å². The van der Waals surface area contributed by atoms with Gasteiger partial charge in [-0.05, 0) is 48.5 Å². The lowest BCUT2D eigenvalue weighted by Gasteiger charge is -2.11. The molecule has 0 bridgehead atoms. The van der Waals surface area contributed by atoms with E-state index in [0.717, 1.165) is 0 Å². The number of benzene rings is 3. The summed E-state index contributed by atoms with van der Waals surface area (Å²) in [6, 6.07) is 19.8. The first-order valence-corrected chi connectivity index (χ1v) is 9.53. The highest BCUT2D eigenvalue weighted by Gasteiger charge is 2.15. The van der Waals surface area contributed by atoms with E-state index in [2.05, 4.69) is 4.72 Å². The number of hydrogen-bond acceptors (Lipinski definition) is 4. The topological polar surface area (TPSA) is 64.6 Å². The molecule has 0 unspecified atom stereocenters. The van der Waals surface area contributed by atoms with Crippen LogP contribution in [-0.2, 0) is 10.0 Å². The molecule has 0 radical (unpaired) electrons. The molecule has 3 rings (SSSR count). The van der Waals surface area contributed by atoms with Crippen molar-refractivity contribution >= 4 is 27.3 Å². The molecule has 0 aliphatic carbocycles. The third kappa shape index (κ3) is 4.28. The predicted molar refractivity (Wildman–Crippen MR) is 102 cm³/mol. The average Bonchev–Trinajstić information content (AvgIpc) is 2.64. The van der Waals surface area contributed by atoms with Crippen LogP contribution in [0.3, 0.4) is 0 Å². The number of ether oxygens (including phenoxy) is 2. The Morgan fingerprint density at radius 1 is 0.885 bits per heavy atom. The second-order valence-corrected chi connectivity index (χ2v) is 7.43. The van der Waals surface area contributed by atoms with Crippen LogP contribution in [0.4, 0.5) is 5.69 Å². The smallest absolute Gasteiger partial charge is 0.261 e. The van der Waals surface area contributed by atoms with Crippen molar-refractivity contribution in [1.82, 2.24) is 0 Å². The van der Waals surface area contributed by atoms with E-state index in [0.29, 0.717) is 28.0 Å². The van der Waals surface area contributed by atoms with Crippen LogP contribution in [0.1, 0.15) is 0 Å². The molecule has 3 aromatic rings. The van der Waals surface area contributed by atoms with Gasteiger partial charge in [-0.1, -0.05) is 29.8 Å². The molecule has 0 aliphatic heterocycles. The maximum Gasteiger partial charge on any atom is 0.261 e. The van der Waals surface area contributed by atoms with Crippen molar-refractivity contribution in [3.8, 4) is 17.2 Å². The summed E-state index contributed by atoms with van der Waals surface area (Å²) in [6.45, 7) is 0. The Morgan fingerprint density at radius 3 is 2.31 bits per heavy atom. The molecule has 7 heteroatoms. The SMILES string of the molecule is COc1cccc(NS(=O)(=O)c2ccc(Oc3ccccc3Cl)cc2)c1. The molecule has 0 saturated carbocycles. The Morgan fingerprint density at radius 2 is 1.62 bits per heavy atom. The largest absolute Gasteiger partial charge is 0.497 e. The zero-order chi connectivity index (χ0) is 18.6. The number of nitrogens with one attached hydrogen (secondary N) is 1. The molecular weight excluding hydrogens is 374 g/mol. The molecule has 0 spiro atoms. The Balaban J connectivity index is 1.77. The summed E-state index contributed by atoms with van der Waals surface area (Å²) in [4.78, 5) is 0.117. The predicted octanol–water partition coefficient (Wildman–Crippen LogP) is 4.94. The van der Waals surface area contributed by atoms with Gasteiger partial charge < -0.3 is 9.47 Å². The number of anilines is 1. The van der Waals surface area contributed by atoms with Crippen molar-refractivity contribution in [2.75, 3.05) is 11.8 Å². The third-order valence-electron chi connectivity index (χ3n) is 3.52. The number of hydrogen-bond donors (Lipinski definition) is 1. The maximum absolute atomic E-state index is 12.5. The van der Waals surface area contributed by atoms with Gasteiger partial charge in [0.25, 0.3) is 10.0 Å². The van der Waals surface area contributed by atoms with Gasteiger partial charge in [0.05, 0.1) is 22.7 Å². The van der Waals surface area contributed by atoms with E-state index in [1.54, 1.807) is 60.7 Å². The molecule has 1 N–H and O–H groups in total. The number of halogens is 1. The normalized spacial score (nSPS) is 11.0. The Hall–Kier alpha value is -2.70. The van der Waals surface area contributed by atoms with Gasteiger partial charge in [-0.15, -0.1) is 0 Å². The molecule has 5 nitrogen and oxygen atoms in total. The molecule has 0 aliphatic rings. The molecule has 0 saturated heterocycles. The van der Waals surface area contributed by atoms with E-state index in [9.17, 15) is 8.42 Å². The van der Waals surface area contributed by atoms with Crippen LogP contribution in [0.5, 0.6) is 17.2 Å². The van der Waals surface area contributed by atoms with Crippen molar-refractivity contribution < 1.29 is 17.9 Å². The minimum Gasteiger partial charge on any atom is -0.497 e. The summed E-state index contributed by atoms with van der Waals surface area (Å²) in [5.74, 6) is 1.55. The first-order valence-electron chi connectivity index (χ1n) is 7.67. The minimum absolute atomic E-state index is 0.117. The van der Waals surface area contributed by atoms with Gasteiger partial charge in [-0.2, -0.15) is 0 Å². The maximum atomic E-state index is 12.5. The van der Waals surface area contributed by atoms with E-state index in [1.807, 2.05) is 0 Å². The first kappa shape index (κ1) is 18.1. The van der Waals surface area contributed by atoms with Gasteiger partial charge in [0.1, 0.15) is 17.2 Å². The molecule has 134 valence electrons. The number of rotatable bonds is 6. The highest BCUT2D eigenvalue weighted by atomic mass is 35.5. The Kier molecular flexibility index (Phi) is 5.35. The van der Waals surface area contributed by atoms with Crippen LogP contribution in [0.2, 0.25) is 5.02 Å². The monoisotopic (exact) mass is 389 g/mol. The zero-order valence-corrected chi connectivity index (χ0v) is 15.4. The molecule has 0 aromatic heterocycles. The summed E-state index contributed by atoms with van der Waals surface area (Å²) in [5.41, 5.74) is 0.417. The van der Waals surface area contributed by atoms with Gasteiger partial charge in [-0.3, -0.25) is 4.72 Å². The number of sulfonamides is 1. The summed E-state index contributed by atoms with van der Waals surface area (Å²) in [6.07, 6.45) is 0. The molecule has 0 amide bonds. The van der Waals surface area contributed by atoms with Gasteiger partial charge in [0, 0.05) is 6.07 Å². The molecule has 3 aromatic carbocycles. The van der Waals surface area contributed by atoms with Gasteiger partial charge >= 0.3 is 0 Å². The van der Waals surface area contributed by atoms with Crippen molar-refractivity contribution in [3.05, 3.63) is 77.8 Å². The molecular formula is C19H16ClNO4S. The second-order valence-electron chi connectivity index (χ2n) is 5.34. The van der Waals surface area contributed by atoms with Crippen molar-refractivity contribution in [1.29, 1.82) is 0 Å².